The van der Waals surface area contributed by atoms with Gasteiger partial charge in [-0.15, -0.1) is 10.2 Å². The molecular formula is C20H20N6O4S. The van der Waals surface area contributed by atoms with E-state index < -0.39 is 15.0 Å². The molecule has 0 fully saturated rings. The molecule has 0 radical (unpaired) electrons. The van der Waals surface area contributed by atoms with Gasteiger partial charge in [-0.05, 0) is 48.4 Å². The second-order valence-electron chi connectivity index (χ2n) is 6.61. The van der Waals surface area contributed by atoms with Gasteiger partial charge in [-0.2, -0.15) is 18.6 Å². The molecule has 0 aromatic heterocycles. The highest BCUT2D eigenvalue weighted by Gasteiger charge is 2.22. The molecule has 11 heteroatoms. The summed E-state index contributed by atoms with van der Waals surface area (Å²) in [4.78, 5) is -0.613. The van der Waals surface area contributed by atoms with Crippen molar-refractivity contribution in [1.82, 2.24) is 0 Å². The van der Waals surface area contributed by atoms with Crippen molar-refractivity contribution in [3.63, 3.8) is 0 Å². The Hall–Kier alpha value is -3.67. The minimum atomic E-state index is -4.70. The van der Waals surface area contributed by atoms with Gasteiger partial charge in [-0.1, -0.05) is 24.3 Å². The predicted octanol–water partition coefficient (Wildman–Crippen LogP) is 4.73. The van der Waals surface area contributed by atoms with Crippen molar-refractivity contribution in [3.8, 4) is 0 Å². The molecule has 0 atom stereocenters. The summed E-state index contributed by atoms with van der Waals surface area (Å²) in [6.45, 7) is 1.70. The number of aliphatic hydroxyl groups is 1. The molecule has 0 saturated heterocycles. The standard InChI is InChI=1S/C20H20N6O4S/c1-12-4-2-6-14(8-12)24-26-20-18(21)16(10-17(19(20)22)31(28,29)30)25-23-15-7-3-5-13(9-15)11-27/h2-10,27H,11,21-22H2,1H3,(H,28,29,30)/b25-23+,26-24+. The maximum absolute atomic E-state index is 11.8. The molecule has 0 unspecified atom stereocenters. The van der Waals surface area contributed by atoms with E-state index in [4.69, 9.17) is 11.5 Å². The monoisotopic (exact) mass is 440 g/mol. The first-order valence-electron chi connectivity index (χ1n) is 8.98. The van der Waals surface area contributed by atoms with Gasteiger partial charge in [-0.3, -0.25) is 4.55 Å². The maximum Gasteiger partial charge on any atom is 0.296 e. The number of aliphatic hydroxyl groups excluding tert-OH is 1. The molecule has 6 N–H and O–H groups in total. The van der Waals surface area contributed by atoms with Gasteiger partial charge in [0.1, 0.15) is 16.3 Å². The van der Waals surface area contributed by atoms with E-state index in [0.29, 0.717) is 16.9 Å². The number of hydrogen-bond acceptors (Lipinski definition) is 9. The molecule has 0 heterocycles. The van der Waals surface area contributed by atoms with Crippen molar-refractivity contribution in [2.24, 2.45) is 20.5 Å². The van der Waals surface area contributed by atoms with Crippen LogP contribution < -0.4 is 11.5 Å². The zero-order valence-corrected chi connectivity index (χ0v) is 17.3. The summed E-state index contributed by atoms with van der Waals surface area (Å²) in [5, 5.41) is 25.3. The first-order valence-corrected chi connectivity index (χ1v) is 10.4. The minimum Gasteiger partial charge on any atom is -0.396 e. The fraction of sp³-hybridized carbons (Fsp3) is 0.100. The number of aryl methyl sites for hydroxylation is 1. The summed E-state index contributed by atoms with van der Waals surface area (Å²) in [6, 6.07) is 14.7. The lowest BCUT2D eigenvalue weighted by atomic mass is 10.2. The molecule has 0 aliphatic carbocycles. The van der Waals surface area contributed by atoms with Crippen LogP contribution in [0.3, 0.4) is 0 Å². The number of nitrogens with two attached hydrogens (primary N) is 2. The number of benzene rings is 3. The Kier molecular flexibility index (Phi) is 6.39. The first-order chi connectivity index (χ1) is 14.7. The third-order valence-corrected chi connectivity index (χ3v) is 5.12. The van der Waals surface area contributed by atoms with Crippen molar-refractivity contribution in [3.05, 3.63) is 65.7 Å². The largest absolute Gasteiger partial charge is 0.396 e. The number of hydrogen-bond donors (Lipinski definition) is 4. The van der Waals surface area contributed by atoms with E-state index in [-0.39, 0.29) is 29.4 Å². The van der Waals surface area contributed by atoms with Crippen molar-refractivity contribution in [1.29, 1.82) is 0 Å². The molecule has 3 aromatic rings. The van der Waals surface area contributed by atoms with E-state index in [1.165, 1.54) is 0 Å². The van der Waals surface area contributed by atoms with Gasteiger partial charge < -0.3 is 16.6 Å². The number of rotatable bonds is 6. The van der Waals surface area contributed by atoms with Gasteiger partial charge >= 0.3 is 0 Å². The number of nitrogen functional groups attached to an aromatic ring is 2. The molecule has 3 aromatic carbocycles. The Labute approximate surface area is 178 Å². The van der Waals surface area contributed by atoms with Crippen LogP contribution in [-0.2, 0) is 16.7 Å². The second-order valence-corrected chi connectivity index (χ2v) is 8.00. The highest BCUT2D eigenvalue weighted by molar-refractivity contribution is 7.86. The molecule has 0 saturated carbocycles. The Morgan fingerprint density at radius 1 is 0.871 bits per heavy atom. The van der Waals surface area contributed by atoms with Crippen LogP contribution in [0.4, 0.5) is 34.1 Å². The maximum atomic E-state index is 11.8. The molecule has 0 aliphatic rings. The highest BCUT2D eigenvalue weighted by atomic mass is 32.2. The lowest BCUT2D eigenvalue weighted by Crippen LogP contribution is -2.05. The molecule has 0 bridgehead atoms. The Balaban J connectivity index is 2.11. The topological polar surface area (TPSA) is 176 Å². The lowest BCUT2D eigenvalue weighted by molar-refractivity contribution is 0.282. The molecule has 0 spiro atoms. The number of azo groups is 2. The fourth-order valence-corrected chi connectivity index (χ4v) is 3.33. The second kappa shape index (κ2) is 9.00. The third kappa shape index (κ3) is 5.28. The Morgan fingerprint density at radius 2 is 1.52 bits per heavy atom. The van der Waals surface area contributed by atoms with Gasteiger partial charge in [0.15, 0.2) is 0 Å². The zero-order valence-electron chi connectivity index (χ0n) is 16.5. The van der Waals surface area contributed by atoms with E-state index in [2.05, 4.69) is 20.5 Å². The average molecular weight is 440 g/mol. The normalized spacial score (nSPS) is 12.1. The number of anilines is 2. The summed E-state index contributed by atoms with van der Waals surface area (Å²) >= 11 is 0. The van der Waals surface area contributed by atoms with Gasteiger partial charge in [0.25, 0.3) is 10.1 Å². The Morgan fingerprint density at radius 3 is 2.16 bits per heavy atom. The first kappa shape index (κ1) is 22.0. The molecule has 3 rings (SSSR count). The minimum absolute atomic E-state index is 0.0663. The summed E-state index contributed by atoms with van der Waals surface area (Å²) in [7, 11) is -4.70. The predicted molar refractivity (Wildman–Crippen MR) is 117 cm³/mol. The fourth-order valence-electron chi connectivity index (χ4n) is 2.69. The SMILES string of the molecule is Cc1cccc(/N=N/c2c(N)c(/N=N/c3cccc(CO)c3)cc(S(=O)(=O)O)c2N)c1. The van der Waals surface area contributed by atoms with E-state index in [1.807, 2.05) is 13.0 Å². The van der Waals surface area contributed by atoms with Crippen LogP contribution in [-0.4, -0.2) is 18.1 Å². The molecule has 10 nitrogen and oxygen atoms in total. The van der Waals surface area contributed by atoms with Gasteiger partial charge in [0.05, 0.1) is 29.4 Å². The van der Waals surface area contributed by atoms with Crippen LogP contribution in [0.2, 0.25) is 0 Å². The average Bonchev–Trinajstić information content (AvgIpc) is 2.72. The summed E-state index contributed by atoms with van der Waals surface area (Å²) < 4.78 is 33.2. The summed E-state index contributed by atoms with van der Waals surface area (Å²) in [6.07, 6.45) is 0. The Bertz CT molecular complexity index is 1290. The van der Waals surface area contributed by atoms with E-state index >= 15 is 0 Å². The molecule has 160 valence electrons. The highest BCUT2D eigenvalue weighted by Crippen LogP contribution is 2.43. The molecule has 0 amide bonds. The van der Waals surface area contributed by atoms with Crippen LogP contribution in [0.5, 0.6) is 0 Å². The zero-order chi connectivity index (χ0) is 22.6. The third-order valence-electron chi connectivity index (χ3n) is 4.23. The van der Waals surface area contributed by atoms with Gasteiger partial charge in [0.2, 0.25) is 0 Å². The molecule has 0 aliphatic heterocycles. The van der Waals surface area contributed by atoms with Crippen molar-refractivity contribution >= 4 is 44.2 Å². The van der Waals surface area contributed by atoms with Crippen LogP contribution >= 0.6 is 0 Å². The smallest absolute Gasteiger partial charge is 0.296 e. The van der Waals surface area contributed by atoms with Crippen LogP contribution in [0, 0.1) is 6.92 Å². The van der Waals surface area contributed by atoms with E-state index in [9.17, 15) is 18.1 Å². The van der Waals surface area contributed by atoms with Crippen LogP contribution in [0.25, 0.3) is 0 Å². The molecular weight excluding hydrogens is 420 g/mol. The van der Waals surface area contributed by atoms with E-state index in [0.717, 1.165) is 11.6 Å². The summed E-state index contributed by atoms with van der Waals surface area (Å²) in [5.74, 6) is 0. The van der Waals surface area contributed by atoms with Crippen LogP contribution in [0.15, 0.2) is 79.9 Å². The van der Waals surface area contributed by atoms with E-state index in [1.54, 1.807) is 42.5 Å². The quantitative estimate of drug-likeness (QED) is 0.244. The van der Waals surface area contributed by atoms with Gasteiger partial charge in [-0.25, -0.2) is 0 Å². The summed E-state index contributed by atoms with van der Waals surface area (Å²) in [5.41, 5.74) is 13.8. The van der Waals surface area contributed by atoms with Crippen molar-refractivity contribution < 1.29 is 18.1 Å². The molecule has 31 heavy (non-hydrogen) atoms. The van der Waals surface area contributed by atoms with Crippen LogP contribution in [0.1, 0.15) is 11.1 Å². The lowest BCUT2D eigenvalue weighted by Gasteiger charge is -2.10. The van der Waals surface area contributed by atoms with Gasteiger partial charge in [0, 0.05) is 0 Å². The van der Waals surface area contributed by atoms with Crippen molar-refractivity contribution in [2.45, 2.75) is 18.4 Å². The number of nitrogens with zero attached hydrogens (tertiary/aromatic N) is 4. The van der Waals surface area contributed by atoms with Crippen molar-refractivity contribution in [2.75, 3.05) is 11.5 Å².